The molecule has 4 saturated heterocycles. The Morgan fingerprint density at radius 3 is 2.32 bits per heavy atom. The summed E-state index contributed by atoms with van der Waals surface area (Å²) in [6, 6.07) is 8.45. The van der Waals surface area contributed by atoms with Crippen LogP contribution in [0.1, 0.15) is 34.1 Å². The number of hydrogen-bond acceptors (Lipinski definition) is 5. The van der Waals surface area contributed by atoms with E-state index in [-0.39, 0.29) is 34.4 Å². The average Bonchev–Trinajstić information content (AvgIpc) is 2.91. The van der Waals surface area contributed by atoms with Crippen LogP contribution in [0.15, 0.2) is 24.3 Å². The summed E-state index contributed by atoms with van der Waals surface area (Å²) in [4.78, 5) is 19.5. The number of benzene rings is 1. The third kappa shape index (κ3) is 4.49. The number of carbonyl (C=O) groups is 1. The molecule has 0 saturated carbocycles. The summed E-state index contributed by atoms with van der Waals surface area (Å²) in [6.45, 7) is 12.3. The first-order valence-corrected chi connectivity index (χ1v) is 13.1. The lowest BCUT2D eigenvalue weighted by Gasteiger charge is -2.51. The van der Waals surface area contributed by atoms with Gasteiger partial charge in [-0.05, 0) is 43.0 Å². The van der Waals surface area contributed by atoms with Crippen molar-refractivity contribution in [2.45, 2.75) is 40.2 Å². The van der Waals surface area contributed by atoms with Crippen LogP contribution in [0, 0.1) is 10.8 Å². The minimum absolute atomic E-state index is 0.0163. The molecule has 4 aliphatic heterocycles. The highest BCUT2D eigenvalue weighted by molar-refractivity contribution is 7.91. The van der Waals surface area contributed by atoms with E-state index in [0.29, 0.717) is 32.8 Å². The molecule has 4 fully saturated rings. The molecule has 2 bridgehead atoms. The lowest BCUT2D eigenvalue weighted by atomic mass is 9.67. The summed E-state index contributed by atoms with van der Waals surface area (Å²) in [5, 5.41) is 0. The van der Waals surface area contributed by atoms with Crippen LogP contribution in [0.3, 0.4) is 0 Å². The van der Waals surface area contributed by atoms with Gasteiger partial charge in [-0.3, -0.25) is 0 Å². The van der Waals surface area contributed by atoms with Crippen molar-refractivity contribution in [2.24, 2.45) is 10.8 Å². The van der Waals surface area contributed by atoms with E-state index >= 15 is 0 Å². The van der Waals surface area contributed by atoms with E-state index in [2.05, 4.69) is 37.8 Å². The van der Waals surface area contributed by atoms with Crippen LogP contribution in [0.4, 0.5) is 10.5 Å². The highest BCUT2D eigenvalue weighted by Gasteiger charge is 2.52. The van der Waals surface area contributed by atoms with Crippen molar-refractivity contribution >= 4 is 21.6 Å². The lowest BCUT2D eigenvalue weighted by Crippen LogP contribution is -2.56. The van der Waals surface area contributed by atoms with Gasteiger partial charge >= 0.3 is 6.03 Å². The summed E-state index contributed by atoms with van der Waals surface area (Å²) in [5.74, 6) is 1.00. The average molecular weight is 450 g/mol. The Morgan fingerprint density at radius 1 is 1.06 bits per heavy atom. The number of urea groups is 1. The number of carbonyl (C=O) groups excluding carboxylic acids is 1. The maximum atomic E-state index is 13.4. The van der Waals surface area contributed by atoms with Crippen LogP contribution in [0.2, 0.25) is 0 Å². The standard InChI is InChI=1S/C23H35N3O4S/c1-5-30-19-8-6-18(7-9-19)26-17-23(4)15-22(2,3)20(26)14-25(16-23)21(27)24-10-12-31(28,29)13-11-24/h6-9,20H,5,10-17H2,1-4H3. The number of amides is 2. The fraction of sp³-hybridized carbons (Fsp3) is 0.696. The van der Waals surface area contributed by atoms with Gasteiger partial charge in [0.25, 0.3) is 0 Å². The Kier molecular flexibility index (Phi) is 5.65. The molecule has 172 valence electrons. The zero-order valence-corrected chi connectivity index (χ0v) is 20.0. The zero-order chi connectivity index (χ0) is 22.4. The minimum atomic E-state index is -3.01. The summed E-state index contributed by atoms with van der Waals surface area (Å²) in [6.07, 6.45) is 1.05. The predicted octanol–water partition coefficient (Wildman–Crippen LogP) is 2.86. The predicted molar refractivity (Wildman–Crippen MR) is 122 cm³/mol. The maximum absolute atomic E-state index is 13.4. The van der Waals surface area contributed by atoms with Crippen molar-refractivity contribution in [1.29, 1.82) is 0 Å². The highest BCUT2D eigenvalue weighted by Crippen LogP contribution is 2.49. The van der Waals surface area contributed by atoms with E-state index in [4.69, 9.17) is 4.74 Å². The molecule has 5 rings (SSSR count). The molecule has 1 aromatic carbocycles. The first-order chi connectivity index (χ1) is 14.5. The smallest absolute Gasteiger partial charge is 0.320 e. The Morgan fingerprint density at radius 2 is 1.71 bits per heavy atom. The normalized spacial score (nSPS) is 29.5. The third-order valence-electron chi connectivity index (χ3n) is 7.04. The van der Waals surface area contributed by atoms with Crippen molar-refractivity contribution in [1.82, 2.24) is 9.80 Å². The molecular weight excluding hydrogens is 414 g/mol. The zero-order valence-electron chi connectivity index (χ0n) is 19.1. The van der Waals surface area contributed by atoms with Gasteiger partial charge in [-0.15, -0.1) is 0 Å². The quantitative estimate of drug-likeness (QED) is 0.710. The largest absolute Gasteiger partial charge is 0.494 e. The van der Waals surface area contributed by atoms with Crippen LogP contribution in [-0.4, -0.2) is 81.1 Å². The fourth-order valence-electron chi connectivity index (χ4n) is 5.82. The third-order valence-corrected chi connectivity index (χ3v) is 8.65. The molecule has 2 unspecified atom stereocenters. The van der Waals surface area contributed by atoms with E-state index in [1.165, 1.54) is 0 Å². The number of hydrogen-bond donors (Lipinski definition) is 0. The number of nitrogens with zero attached hydrogens (tertiary/aromatic N) is 3. The van der Waals surface area contributed by atoms with E-state index in [0.717, 1.165) is 24.4 Å². The molecule has 0 aliphatic carbocycles. The molecule has 0 aromatic heterocycles. The van der Waals surface area contributed by atoms with Gasteiger partial charge in [0, 0.05) is 43.8 Å². The molecule has 4 heterocycles. The second kappa shape index (κ2) is 7.87. The molecule has 4 aliphatic rings. The van der Waals surface area contributed by atoms with Gasteiger partial charge < -0.3 is 19.4 Å². The van der Waals surface area contributed by atoms with Gasteiger partial charge in [-0.2, -0.15) is 0 Å². The molecule has 0 N–H and O–H groups in total. The molecule has 2 atom stereocenters. The monoisotopic (exact) mass is 449 g/mol. The first kappa shape index (κ1) is 22.2. The molecule has 0 radical (unpaired) electrons. The van der Waals surface area contributed by atoms with E-state index < -0.39 is 9.84 Å². The topological polar surface area (TPSA) is 70.2 Å². The van der Waals surface area contributed by atoms with Crippen LogP contribution in [0.5, 0.6) is 5.75 Å². The molecule has 31 heavy (non-hydrogen) atoms. The number of piperidine rings is 1. The Labute approximate surface area is 186 Å². The molecule has 1 aromatic rings. The van der Waals surface area contributed by atoms with Gasteiger partial charge in [0.2, 0.25) is 0 Å². The second-order valence-electron chi connectivity index (χ2n) is 10.3. The minimum Gasteiger partial charge on any atom is -0.494 e. The first-order valence-electron chi connectivity index (χ1n) is 11.3. The van der Waals surface area contributed by atoms with Crippen LogP contribution in [-0.2, 0) is 9.84 Å². The Hall–Kier alpha value is -1.96. The summed E-state index contributed by atoms with van der Waals surface area (Å²) in [5.41, 5.74) is 1.17. The Balaban J connectivity index is 1.58. The summed E-state index contributed by atoms with van der Waals surface area (Å²) < 4.78 is 29.2. The number of fused-ring (bicyclic) bond motifs is 4. The number of sulfone groups is 1. The SMILES string of the molecule is CCOc1ccc(N2CC3(C)CN(C(=O)N4CCS(=O)(=O)CC4)CC2C(C)(C)C3)cc1. The summed E-state index contributed by atoms with van der Waals surface area (Å²) in [7, 11) is -3.01. The summed E-state index contributed by atoms with van der Waals surface area (Å²) >= 11 is 0. The molecule has 8 heteroatoms. The maximum Gasteiger partial charge on any atom is 0.320 e. The van der Waals surface area contributed by atoms with Crippen molar-refractivity contribution in [3.05, 3.63) is 24.3 Å². The van der Waals surface area contributed by atoms with Gasteiger partial charge in [-0.25, -0.2) is 13.2 Å². The number of ether oxygens (including phenoxy) is 1. The van der Waals surface area contributed by atoms with E-state index in [1.807, 2.05) is 24.0 Å². The van der Waals surface area contributed by atoms with Gasteiger partial charge in [0.1, 0.15) is 5.75 Å². The van der Waals surface area contributed by atoms with Crippen LogP contribution >= 0.6 is 0 Å². The van der Waals surface area contributed by atoms with Crippen LogP contribution in [0.25, 0.3) is 0 Å². The van der Waals surface area contributed by atoms with Crippen molar-refractivity contribution in [2.75, 3.05) is 55.7 Å². The molecular formula is C23H35N3O4S. The molecule has 7 nitrogen and oxygen atoms in total. The number of rotatable bonds is 3. The van der Waals surface area contributed by atoms with Crippen molar-refractivity contribution < 1.29 is 17.9 Å². The lowest BCUT2D eigenvalue weighted by molar-refractivity contribution is 0.121. The van der Waals surface area contributed by atoms with Gasteiger partial charge in [0.05, 0.1) is 24.2 Å². The van der Waals surface area contributed by atoms with Crippen LogP contribution < -0.4 is 9.64 Å². The van der Waals surface area contributed by atoms with Crippen molar-refractivity contribution in [3.63, 3.8) is 0 Å². The molecule has 2 amide bonds. The Bertz CT molecular complexity index is 917. The van der Waals surface area contributed by atoms with E-state index in [1.54, 1.807) is 4.90 Å². The highest BCUT2D eigenvalue weighted by atomic mass is 32.2. The van der Waals surface area contributed by atoms with Gasteiger partial charge in [0.15, 0.2) is 9.84 Å². The fourth-order valence-corrected chi connectivity index (χ4v) is 7.03. The molecule has 0 spiro atoms. The van der Waals surface area contributed by atoms with Crippen molar-refractivity contribution in [3.8, 4) is 5.75 Å². The van der Waals surface area contributed by atoms with E-state index in [9.17, 15) is 13.2 Å². The number of anilines is 1. The second-order valence-corrected chi connectivity index (χ2v) is 12.7. The van der Waals surface area contributed by atoms with Gasteiger partial charge in [-0.1, -0.05) is 20.8 Å².